The van der Waals surface area contributed by atoms with Crippen molar-refractivity contribution in [2.75, 3.05) is 12.4 Å². The van der Waals surface area contributed by atoms with E-state index in [2.05, 4.69) is 5.32 Å². The molecular weight excluding hydrogens is 360 g/mol. The van der Waals surface area contributed by atoms with Crippen molar-refractivity contribution < 1.29 is 4.74 Å². The smallest absolute Gasteiger partial charge is 0.165 e. The third-order valence-electron chi connectivity index (χ3n) is 4.39. The Balaban J connectivity index is 1.90. The van der Waals surface area contributed by atoms with Gasteiger partial charge in [-0.2, -0.15) is 9.61 Å². The number of anilines is 2. The summed E-state index contributed by atoms with van der Waals surface area (Å²) in [6.07, 6.45) is 0. The average Bonchev–Trinajstić information content (AvgIpc) is 2.99. The van der Waals surface area contributed by atoms with E-state index in [4.69, 9.17) is 26.4 Å². The van der Waals surface area contributed by atoms with Gasteiger partial charge in [0.15, 0.2) is 5.65 Å². The molecule has 1 N–H and O–H groups in total. The molecule has 5 nitrogen and oxygen atoms in total. The van der Waals surface area contributed by atoms with Crippen molar-refractivity contribution in [2.24, 2.45) is 0 Å². The number of fused-ring (bicyclic) bond motifs is 1. The van der Waals surface area contributed by atoms with Crippen LogP contribution in [-0.4, -0.2) is 21.7 Å². The number of ether oxygens (including phenoxy) is 1. The van der Waals surface area contributed by atoms with Crippen molar-refractivity contribution in [3.8, 4) is 16.9 Å². The molecule has 136 valence electrons. The summed E-state index contributed by atoms with van der Waals surface area (Å²) in [7, 11) is 1.67. The van der Waals surface area contributed by atoms with Gasteiger partial charge in [-0.1, -0.05) is 29.8 Å². The molecule has 0 amide bonds. The van der Waals surface area contributed by atoms with Crippen molar-refractivity contribution in [1.29, 1.82) is 0 Å². The summed E-state index contributed by atoms with van der Waals surface area (Å²) < 4.78 is 7.38. The third kappa shape index (κ3) is 3.22. The number of nitrogens with zero attached hydrogens (tertiary/aromatic N) is 3. The van der Waals surface area contributed by atoms with E-state index in [1.807, 2.05) is 73.0 Å². The number of methoxy groups -OCH3 is 1. The van der Waals surface area contributed by atoms with Gasteiger partial charge >= 0.3 is 0 Å². The number of hydrogen-bond donors (Lipinski definition) is 1. The molecule has 0 spiro atoms. The Kier molecular flexibility index (Phi) is 4.46. The monoisotopic (exact) mass is 378 g/mol. The SMILES string of the molecule is COc1ccccc1-c1c(C)nn2c(Nc3ccc(Cl)cc3)cc(C)nc12. The van der Waals surface area contributed by atoms with Crippen LogP contribution in [0.2, 0.25) is 5.02 Å². The summed E-state index contributed by atoms with van der Waals surface area (Å²) in [5, 5.41) is 8.83. The van der Waals surface area contributed by atoms with Crippen LogP contribution in [0.3, 0.4) is 0 Å². The van der Waals surface area contributed by atoms with Gasteiger partial charge in [-0.05, 0) is 44.2 Å². The van der Waals surface area contributed by atoms with E-state index in [1.165, 1.54) is 0 Å². The molecule has 27 heavy (non-hydrogen) atoms. The number of hydrogen-bond acceptors (Lipinski definition) is 4. The standard InChI is InChI=1S/C21H19ClN4O/c1-13-12-19(24-16-10-8-15(22)9-11-16)26-21(23-13)20(14(2)25-26)17-6-4-5-7-18(17)27-3/h4-12,24H,1-3H3. The zero-order chi connectivity index (χ0) is 19.0. The van der Waals surface area contributed by atoms with Gasteiger partial charge in [-0.25, -0.2) is 4.98 Å². The zero-order valence-corrected chi connectivity index (χ0v) is 16.1. The van der Waals surface area contributed by atoms with E-state index in [-0.39, 0.29) is 0 Å². The molecule has 0 unspecified atom stereocenters. The average molecular weight is 379 g/mol. The Morgan fingerprint density at radius 3 is 2.52 bits per heavy atom. The number of benzene rings is 2. The van der Waals surface area contributed by atoms with E-state index >= 15 is 0 Å². The van der Waals surface area contributed by atoms with Gasteiger partial charge in [0.1, 0.15) is 11.6 Å². The van der Waals surface area contributed by atoms with Crippen LogP contribution < -0.4 is 10.1 Å². The molecule has 0 atom stereocenters. The van der Waals surface area contributed by atoms with Gasteiger partial charge in [0.25, 0.3) is 0 Å². The molecular formula is C21H19ClN4O. The van der Waals surface area contributed by atoms with Crippen molar-refractivity contribution in [1.82, 2.24) is 14.6 Å². The van der Waals surface area contributed by atoms with Gasteiger partial charge in [-0.3, -0.25) is 0 Å². The van der Waals surface area contributed by atoms with E-state index in [0.717, 1.165) is 45.4 Å². The molecule has 2 heterocycles. The number of halogens is 1. The molecule has 4 rings (SSSR count). The molecule has 2 aromatic carbocycles. The van der Waals surface area contributed by atoms with Crippen LogP contribution in [0.15, 0.2) is 54.6 Å². The van der Waals surface area contributed by atoms with Crippen molar-refractivity contribution in [3.63, 3.8) is 0 Å². The van der Waals surface area contributed by atoms with Crippen LogP contribution in [0.4, 0.5) is 11.5 Å². The molecule has 0 fully saturated rings. The molecule has 0 aliphatic carbocycles. The Labute approximate surface area is 162 Å². The Morgan fingerprint density at radius 2 is 1.78 bits per heavy atom. The van der Waals surface area contributed by atoms with Crippen LogP contribution >= 0.6 is 11.6 Å². The van der Waals surface area contributed by atoms with Crippen LogP contribution in [0.1, 0.15) is 11.4 Å². The molecule has 2 aromatic heterocycles. The fourth-order valence-electron chi connectivity index (χ4n) is 3.18. The van der Waals surface area contributed by atoms with Crippen molar-refractivity contribution >= 4 is 28.8 Å². The minimum atomic E-state index is 0.699. The predicted octanol–water partition coefficient (Wildman–Crippen LogP) is 5.42. The first kappa shape index (κ1) is 17.4. The summed E-state index contributed by atoms with van der Waals surface area (Å²) in [5.74, 6) is 1.63. The normalized spacial score (nSPS) is 11.0. The third-order valence-corrected chi connectivity index (χ3v) is 4.64. The maximum atomic E-state index is 5.99. The summed E-state index contributed by atoms with van der Waals surface area (Å²) in [6, 6.07) is 17.5. The van der Waals surface area contributed by atoms with Gasteiger partial charge in [-0.15, -0.1) is 0 Å². The molecule has 0 bridgehead atoms. The lowest BCUT2D eigenvalue weighted by Crippen LogP contribution is -2.02. The quantitative estimate of drug-likeness (QED) is 0.515. The Bertz CT molecular complexity index is 1120. The van der Waals surface area contributed by atoms with E-state index in [0.29, 0.717) is 5.02 Å². The van der Waals surface area contributed by atoms with Crippen LogP contribution in [0, 0.1) is 13.8 Å². The molecule has 0 saturated carbocycles. The minimum Gasteiger partial charge on any atom is -0.496 e. The predicted molar refractivity (Wildman–Crippen MR) is 109 cm³/mol. The molecule has 6 heteroatoms. The fourth-order valence-corrected chi connectivity index (χ4v) is 3.31. The molecule has 0 aliphatic heterocycles. The van der Waals surface area contributed by atoms with Crippen LogP contribution in [0.5, 0.6) is 5.75 Å². The lowest BCUT2D eigenvalue weighted by Gasteiger charge is -2.11. The van der Waals surface area contributed by atoms with Crippen molar-refractivity contribution in [3.05, 3.63) is 71.0 Å². The molecule has 0 aliphatic rings. The number of para-hydroxylation sites is 1. The highest BCUT2D eigenvalue weighted by atomic mass is 35.5. The van der Waals surface area contributed by atoms with Crippen molar-refractivity contribution in [2.45, 2.75) is 13.8 Å². The number of aryl methyl sites for hydroxylation is 2. The maximum Gasteiger partial charge on any atom is 0.165 e. The van der Waals surface area contributed by atoms with E-state index in [9.17, 15) is 0 Å². The number of rotatable bonds is 4. The summed E-state index contributed by atoms with van der Waals surface area (Å²) >= 11 is 5.99. The lowest BCUT2D eigenvalue weighted by molar-refractivity contribution is 0.416. The zero-order valence-electron chi connectivity index (χ0n) is 15.3. The Hall–Kier alpha value is -3.05. The fraction of sp³-hybridized carbons (Fsp3) is 0.143. The largest absolute Gasteiger partial charge is 0.496 e. The second-order valence-corrected chi connectivity index (χ2v) is 6.75. The van der Waals surface area contributed by atoms with Gasteiger partial charge < -0.3 is 10.1 Å². The van der Waals surface area contributed by atoms with E-state index < -0.39 is 0 Å². The summed E-state index contributed by atoms with van der Waals surface area (Å²) in [6.45, 7) is 3.96. The van der Waals surface area contributed by atoms with Gasteiger partial charge in [0.2, 0.25) is 0 Å². The Morgan fingerprint density at radius 1 is 1.04 bits per heavy atom. The first-order chi connectivity index (χ1) is 13.1. The highest BCUT2D eigenvalue weighted by Crippen LogP contribution is 2.35. The topological polar surface area (TPSA) is 51.5 Å². The first-order valence-electron chi connectivity index (χ1n) is 8.60. The second-order valence-electron chi connectivity index (χ2n) is 6.31. The van der Waals surface area contributed by atoms with Crippen LogP contribution in [0.25, 0.3) is 16.8 Å². The highest BCUT2D eigenvalue weighted by molar-refractivity contribution is 6.30. The molecule has 0 radical (unpaired) electrons. The van der Waals surface area contributed by atoms with Crippen LogP contribution in [-0.2, 0) is 0 Å². The van der Waals surface area contributed by atoms with Gasteiger partial charge in [0, 0.05) is 28.0 Å². The summed E-state index contributed by atoms with van der Waals surface area (Å²) in [4.78, 5) is 4.75. The maximum absolute atomic E-state index is 5.99. The minimum absolute atomic E-state index is 0.699. The number of nitrogens with one attached hydrogen (secondary N) is 1. The first-order valence-corrected chi connectivity index (χ1v) is 8.97. The number of aromatic nitrogens is 3. The highest BCUT2D eigenvalue weighted by Gasteiger charge is 2.18. The van der Waals surface area contributed by atoms with Gasteiger partial charge in [0.05, 0.1) is 18.4 Å². The van der Waals surface area contributed by atoms with E-state index in [1.54, 1.807) is 7.11 Å². The lowest BCUT2D eigenvalue weighted by atomic mass is 10.1. The summed E-state index contributed by atoms with van der Waals surface area (Å²) in [5.41, 5.74) is 5.44. The second kappa shape index (κ2) is 6.93. The molecule has 4 aromatic rings. The molecule has 0 saturated heterocycles.